The zero-order valence-corrected chi connectivity index (χ0v) is 11.0. The number of nitro benzene ring substituents is 1. The van der Waals surface area contributed by atoms with E-state index < -0.39 is 15.7 Å². The predicted molar refractivity (Wildman–Crippen MR) is 72.3 cm³/mol. The highest BCUT2D eigenvalue weighted by Crippen LogP contribution is 2.24. The number of nitro groups is 1. The molecule has 0 spiro atoms. The van der Waals surface area contributed by atoms with Crippen molar-refractivity contribution in [3.63, 3.8) is 0 Å². The Morgan fingerprint density at radius 2 is 2.11 bits per heavy atom. The summed E-state index contributed by atoms with van der Waals surface area (Å²) in [7, 11) is -0.727. The van der Waals surface area contributed by atoms with Crippen molar-refractivity contribution >= 4 is 22.2 Å². The van der Waals surface area contributed by atoms with E-state index in [9.17, 15) is 14.3 Å². The summed E-state index contributed by atoms with van der Waals surface area (Å²) in [6, 6.07) is 6.48. The molecule has 1 heterocycles. The van der Waals surface area contributed by atoms with Crippen LogP contribution < -0.4 is 5.32 Å². The van der Waals surface area contributed by atoms with E-state index in [-0.39, 0.29) is 17.3 Å². The van der Waals surface area contributed by atoms with Crippen LogP contribution in [0.4, 0.5) is 11.4 Å². The maximum Gasteiger partial charge on any atom is 0.289 e. The van der Waals surface area contributed by atoms with Gasteiger partial charge in [0.2, 0.25) is 0 Å². The van der Waals surface area contributed by atoms with Crippen LogP contribution in [0.15, 0.2) is 18.2 Å². The SMILES string of the molecule is N#Cc1ccc(NC2CCS(=O)CC2)cc1[N+](=O)[O-]. The third-order valence-corrected chi connectivity index (χ3v) is 4.46. The molecule has 1 aliphatic heterocycles. The van der Waals surface area contributed by atoms with Crippen LogP contribution in [-0.4, -0.2) is 26.7 Å². The first-order valence-electron chi connectivity index (χ1n) is 5.90. The highest BCUT2D eigenvalue weighted by Gasteiger charge is 2.19. The molecular formula is C12H13N3O3S. The zero-order valence-electron chi connectivity index (χ0n) is 10.2. The second-order valence-corrected chi connectivity index (χ2v) is 6.06. The lowest BCUT2D eigenvalue weighted by molar-refractivity contribution is -0.385. The van der Waals surface area contributed by atoms with E-state index in [1.54, 1.807) is 12.1 Å². The van der Waals surface area contributed by atoms with Gasteiger partial charge in [-0.15, -0.1) is 0 Å². The maximum atomic E-state index is 11.2. The molecule has 1 fully saturated rings. The molecule has 6 nitrogen and oxygen atoms in total. The van der Waals surface area contributed by atoms with Gasteiger partial charge >= 0.3 is 0 Å². The van der Waals surface area contributed by atoms with Gasteiger partial charge in [0, 0.05) is 40.1 Å². The molecule has 2 rings (SSSR count). The van der Waals surface area contributed by atoms with E-state index >= 15 is 0 Å². The Hall–Kier alpha value is -1.94. The normalized spacial score (nSPS) is 22.5. The minimum Gasteiger partial charge on any atom is -0.382 e. The fraction of sp³-hybridized carbons (Fsp3) is 0.417. The van der Waals surface area contributed by atoms with E-state index in [4.69, 9.17) is 5.26 Å². The van der Waals surface area contributed by atoms with Crippen LogP contribution in [0.5, 0.6) is 0 Å². The van der Waals surface area contributed by atoms with E-state index in [0.717, 1.165) is 12.8 Å². The number of anilines is 1. The summed E-state index contributed by atoms with van der Waals surface area (Å²) in [5, 5.41) is 22.9. The Morgan fingerprint density at radius 1 is 1.42 bits per heavy atom. The smallest absolute Gasteiger partial charge is 0.289 e. The van der Waals surface area contributed by atoms with Gasteiger partial charge in [-0.1, -0.05) is 0 Å². The molecular weight excluding hydrogens is 266 g/mol. The molecule has 1 aliphatic rings. The minimum absolute atomic E-state index is 0.0558. The summed E-state index contributed by atoms with van der Waals surface area (Å²) >= 11 is 0. The van der Waals surface area contributed by atoms with Crippen LogP contribution in [0.2, 0.25) is 0 Å². The van der Waals surface area contributed by atoms with Gasteiger partial charge in [-0.25, -0.2) is 0 Å². The molecule has 1 N–H and O–H groups in total. The molecule has 1 aromatic carbocycles. The van der Waals surface area contributed by atoms with Crippen LogP contribution in [0, 0.1) is 21.4 Å². The Balaban J connectivity index is 2.13. The third-order valence-electron chi connectivity index (χ3n) is 3.07. The van der Waals surface area contributed by atoms with E-state index in [0.29, 0.717) is 17.2 Å². The Bertz CT molecular complexity index is 558. The predicted octanol–water partition coefficient (Wildman–Crippen LogP) is 1.79. The average Bonchev–Trinajstić information content (AvgIpc) is 2.41. The molecule has 0 atom stereocenters. The Morgan fingerprint density at radius 3 is 2.68 bits per heavy atom. The van der Waals surface area contributed by atoms with Crippen molar-refractivity contribution in [1.29, 1.82) is 5.26 Å². The molecule has 100 valence electrons. The molecule has 0 amide bonds. The molecule has 0 saturated carbocycles. The molecule has 0 bridgehead atoms. The molecule has 0 unspecified atom stereocenters. The average molecular weight is 279 g/mol. The van der Waals surface area contributed by atoms with Crippen LogP contribution in [-0.2, 0) is 10.8 Å². The minimum atomic E-state index is -0.727. The van der Waals surface area contributed by atoms with E-state index in [1.165, 1.54) is 12.1 Å². The third kappa shape index (κ3) is 3.29. The van der Waals surface area contributed by atoms with Crippen molar-refractivity contribution in [2.24, 2.45) is 0 Å². The second kappa shape index (κ2) is 5.80. The van der Waals surface area contributed by atoms with Crippen molar-refractivity contribution in [2.45, 2.75) is 18.9 Å². The van der Waals surface area contributed by atoms with Gasteiger partial charge in [-0.2, -0.15) is 5.26 Å². The van der Waals surface area contributed by atoms with Gasteiger partial charge in [-0.05, 0) is 25.0 Å². The number of hydrogen-bond donors (Lipinski definition) is 1. The summed E-state index contributed by atoms with van der Waals surface area (Å²) in [5.41, 5.74) is 0.496. The lowest BCUT2D eigenvalue weighted by Gasteiger charge is -2.23. The number of nitriles is 1. The molecule has 1 aromatic rings. The van der Waals surface area contributed by atoms with E-state index in [1.807, 2.05) is 0 Å². The van der Waals surface area contributed by atoms with Crippen LogP contribution in [0.25, 0.3) is 0 Å². The molecule has 1 saturated heterocycles. The van der Waals surface area contributed by atoms with E-state index in [2.05, 4.69) is 5.32 Å². The lowest BCUT2D eigenvalue weighted by Crippen LogP contribution is -2.29. The van der Waals surface area contributed by atoms with Crippen LogP contribution in [0.1, 0.15) is 18.4 Å². The summed E-state index contributed by atoms with van der Waals surface area (Å²) in [6.45, 7) is 0. The zero-order chi connectivity index (χ0) is 13.8. The molecule has 0 aliphatic carbocycles. The number of nitrogens with one attached hydrogen (secondary N) is 1. The summed E-state index contributed by atoms with van der Waals surface area (Å²) in [5.74, 6) is 1.33. The first-order valence-corrected chi connectivity index (χ1v) is 7.39. The standard InChI is InChI=1S/C12H13N3O3S/c13-8-9-1-2-11(7-12(9)15(16)17)14-10-3-5-19(18)6-4-10/h1-2,7,10,14H,3-6H2. The van der Waals surface area contributed by atoms with Gasteiger partial charge in [0.15, 0.2) is 0 Å². The number of nitrogens with zero attached hydrogens (tertiary/aromatic N) is 2. The first kappa shape index (κ1) is 13.5. The summed E-state index contributed by atoms with van der Waals surface area (Å²) < 4.78 is 11.2. The van der Waals surface area contributed by atoms with Gasteiger partial charge in [0.1, 0.15) is 11.6 Å². The number of rotatable bonds is 3. The summed E-state index contributed by atoms with van der Waals surface area (Å²) in [4.78, 5) is 10.3. The van der Waals surface area contributed by atoms with Crippen molar-refractivity contribution < 1.29 is 9.13 Å². The fourth-order valence-electron chi connectivity index (χ4n) is 2.04. The topological polar surface area (TPSA) is 96.0 Å². The van der Waals surface area contributed by atoms with Gasteiger partial charge in [0.05, 0.1) is 4.92 Å². The van der Waals surface area contributed by atoms with Gasteiger partial charge in [-0.3, -0.25) is 14.3 Å². The molecule has 0 aromatic heterocycles. The quantitative estimate of drug-likeness (QED) is 0.672. The molecule has 0 radical (unpaired) electrons. The monoisotopic (exact) mass is 279 g/mol. The highest BCUT2D eigenvalue weighted by molar-refractivity contribution is 7.85. The van der Waals surface area contributed by atoms with Crippen molar-refractivity contribution in [2.75, 3.05) is 16.8 Å². The van der Waals surface area contributed by atoms with Crippen molar-refractivity contribution in [3.05, 3.63) is 33.9 Å². The molecule has 7 heteroatoms. The van der Waals surface area contributed by atoms with Crippen molar-refractivity contribution in [1.82, 2.24) is 0 Å². The number of benzene rings is 1. The highest BCUT2D eigenvalue weighted by atomic mass is 32.2. The van der Waals surface area contributed by atoms with Gasteiger partial charge < -0.3 is 5.32 Å². The largest absolute Gasteiger partial charge is 0.382 e. The fourth-order valence-corrected chi connectivity index (χ4v) is 3.34. The Kier molecular flexibility index (Phi) is 4.12. The van der Waals surface area contributed by atoms with Crippen LogP contribution >= 0.6 is 0 Å². The second-order valence-electron chi connectivity index (χ2n) is 4.37. The lowest BCUT2D eigenvalue weighted by atomic mass is 10.1. The Labute approximate surface area is 113 Å². The van der Waals surface area contributed by atoms with Gasteiger partial charge in [0.25, 0.3) is 5.69 Å². The van der Waals surface area contributed by atoms with Crippen LogP contribution in [0.3, 0.4) is 0 Å². The molecule has 19 heavy (non-hydrogen) atoms. The maximum absolute atomic E-state index is 11.2. The number of hydrogen-bond acceptors (Lipinski definition) is 5. The first-order chi connectivity index (χ1) is 9.10. The summed E-state index contributed by atoms with van der Waals surface area (Å²) in [6.07, 6.45) is 1.58. The van der Waals surface area contributed by atoms with Crippen molar-refractivity contribution in [3.8, 4) is 6.07 Å².